The molecule has 0 unspecified atom stereocenters. The molecule has 0 N–H and O–H groups in total. The van der Waals surface area contributed by atoms with Crippen molar-refractivity contribution in [2.45, 2.75) is 25.7 Å². The number of hydrogen-bond donors (Lipinski definition) is 0. The standard InChI is InChI=1S/C14H11IN2OS/c15-13-6-5-9(18-13)8-17-14-11(7-16)10-3-1-2-4-12(10)19-14/h5-6,8H,1-4H2/b17-8+. The Balaban J connectivity index is 1.95. The number of aliphatic imine (C=N–C) groups is 1. The van der Waals surface area contributed by atoms with Crippen molar-refractivity contribution < 1.29 is 4.42 Å². The van der Waals surface area contributed by atoms with E-state index in [2.05, 4.69) is 33.7 Å². The molecule has 0 atom stereocenters. The highest BCUT2D eigenvalue weighted by atomic mass is 127. The highest BCUT2D eigenvalue weighted by Gasteiger charge is 2.20. The first-order valence-corrected chi connectivity index (χ1v) is 8.01. The fourth-order valence-electron chi connectivity index (χ4n) is 2.28. The lowest BCUT2D eigenvalue weighted by atomic mass is 9.96. The van der Waals surface area contributed by atoms with Crippen molar-refractivity contribution in [3.63, 3.8) is 0 Å². The maximum atomic E-state index is 9.32. The van der Waals surface area contributed by atoms with Gasteiger partial charge in [-0.05, 0) is 66.0 Å². The van der Waals surface area contributed by atoms with E-state index in [1.54, 1.807) is 17.6 Å². The predicted octanol–water partition coefficient (Wildman–Crippen LogP) is 4.45. The summed E-state index contributed by atoms with van der Waals surface area (Å²) in [5.74, 6) is 0.722. The van der Waals surface area contributed by atoms with E-state index in [-0.39, 0.29) is 0 Å². The third-order valence-electron chi connectivity index (χ3n) is 3.17. The summed E-state index contributed by atoms with van der Waals surface area (Å²) in [7, 11) is 0. The highest BCUT2D eigenvalue weighted by Crippen LogP contribution is 2.39. The van der Waals surface area contributed by atoms with Gasteiger partial charge < -0.3 is 4.42 Å². The summed E-state index contributed by atoms with van der Waals surface area (Å²) in [6, 6.07) is 6.08. The van der Waals surface area contributed by atoms with E-state index in [1.807, 2.05) is 12.1 Å². The largest absolute Gasteiger partial charge is 0.449 e. The summed E-state index contributed by atoms with van der Waals surface area (Å²) >= 11 is 3.77. The van der Waals surface area contributed by atoms with Crippen LogP contribution < -0.4 is 0 Å². The van der Waals surface area contributed by atoms with Crippen molar-refractivity contribution in [1.29, 1.82) is 5.26 Å². The Morgan fingerprint density at radius 3 is 2.95 bits per heavy atom. The molecule has 0 radical (unpaired) electrons. The number of halogens is 1. The molecule has 5 heteroatoms. The third-order valence-corrected chi connectivity index (χ3v) is 4.95. The van der Waals surface area contributed by atoms with Crippen molar-refractivity contribution in [2.75, 3.05) is 0 Å². The van der Waals surface area contributed by atoms with E-state index in [4.69, 9.17) is 4.42 Å². The first-order valence-electron chi connectivity index (χ1n) is 6.12. The van der Waals surface area contributed by atoms with Crippen LogP contribution in [0.4, 0.5) is 5.00 Å². The average molecular weight is 382 g/mol. The van der Waals surface area contributed by atoms with Crippen LogP contribution in [-0.2, 0) is 12.8 Å². The molecule has 1 aliphatic rings. The molecular weight excluding hydrogens is 371 g/mol. The van der Waals surface area contributed by atoms with Gasteiger partial charge in [0.2, 0.25) is 0 Å². The number of nitriles is 1. The molecule has 0 fully saturated rings. The number of rotatable bonds is 2. The fourth-order valence-corrected chi connectivity index (χ4v) is 3.90. The van der Waals surface area contributed by atoms with Gasteiger partial charge in [0.1, 0.15) is 16.8 Å². The Morgan fingerprint density at radius 1 is 1.37 bits per heavy atom. The van der Waals surface area contributed by atoms with E-state index >= 15 is 0 Å². The van der Waals surface area contributed by atoms with Crippen molar-refractivity contribution in [3.05, 3.63) is 37.7 Å². The zero-order chi connectivity index (χ0) is 13.2. The van der Waals surface area contributed by atoms with Crippen LogP contribution in [0.25, 0.3) is 0 Å². The van der Waals surface area contributed by atoms with Crippen molar-refractivity contribution in [2.24, 2.45) is 4.99 Å². The summed E-state index contributed by atoms with van der Waals surface area (Å²) in [6.07, 6.45) is 6.20. The molecule has 0 saturated heterocycles. The molecule has 3 nitrogen and oxygen atoms in total. The normalized spacial score (nSPS) is 14.5. The molecule has 2 aromatic heterocycles. The second-order valence-corrected chi connectivity index (χ2v) is 6.55. The number of nitrogens with zero attached hydrogens (tertiary/aromatic N) is 2. The number of furan rings is 1. The average Bonchev–Trinajstić information content (AvgIpc) is 2.99. The molecule has 2 heterocycles. The molecule has 3 rings (SSSR count). The van der Waals surface area contributed by atoms with Crippen LogP contribution in [0.5, 0.6) is 0 Å². The van der Waals surface area contributed by atoms with Gasteiger partial charge in [-0.2, -0.15) is 5.26 Å². The lowest BCUT2D eigenvalue weighted by molar-refractivity contribution is 0.531. The first-order chi connectivity index (χ1) is 9.28. The first kappa shape index (κ1) is 12.9. The molecule has 96 valence electrons. The Morgan fingerprint density at radius 2 is 2.21 bits per heavy atom. The van der Waals surface area contributed by atoms with E-state index < -0.39 is 0 Å². The maximum absolute atomic E-state index is 9.32. The number of hydrogen-bond acceptors (Lipinski definition) is 4. The summed E-state index contributed by atoms with van der Waals surface area (Å²) in [5, 5.41) is 10.1. The van der Waals surface area contributed by atoms with Gasteiger partial charge in [-0.3, -0.25) is 0 Å². The molecule has 1 aliphatic carbocycles. The predicted molar refractivity (Wildman–Crippen MR) is 84.4 cm³/mol. The zero-order valence-electron chi connectivity index (χ0n) is 10.1. The van der Waals surface area contributed by atoms with Crippen LogP contribution in [0.3, 0.4) is 0 Å². The topological polar surface area (TPSA) is 49.3 Å². The Kier molecular flexibility index (Phi) is 3.71. The molecule has 0 bridgehead atoms. The monoisotopic (exact) mass is 382 g/mol. The second kappa shape index (κ2) is 5.47. The van der Waals surface area contributed by atoms with Crippen LogP contribution in [0, 0.1) is 15.1 Å². The van der Waals surface area contributed by atoms with Gasteiger partial charge in [0.05, 0.1) is 11.8 Å². The Labute approximate surface area is 129 Å². The van der Waals surface area contributed by atoms with Crippen LogP contribution in [0.2, 0.25) is 0 Å². The molecular formula is C14H11IN2OS. The van der Waals surface area contributed by atoms with Gasteiger partial charge >= 0.3 is 0 Å². The minimum Gasteiger partial charge on any atom is -0.449 e. The number of thiophene rings is 1. The highest BCUT2D eigenvalue weighted by molar-refractivity contribution is 14.1. The molecule has 0 amide bonds. The molecule has 2 aromatic rings. The summed E-state index contributed by atoms with van der Waals surface area (Å²) < 4.78 is 6.28. The van der Waals surface area contributed by atoms with Gasteiger partial charge in [-0.15, -0.1) is 11.3 Å². The van der Waals surface area contributed by atoms with Gasteiger partial charge in [0.15, 0.2) is 3.77 Å². The quantitative estimate of drug-likeness (QED) is 0.569. The Hall–Kier alpha value is -1.13. The van der Waals surface area contributed by atoms with E-state index in [0.29, 0.717) is 0 Å². The lowest BCUT2D eigenvalue weighted by Crippen LogP contribution is -1.99. The fraction of sp³-hybridized carbons (Fsp3) is 0.286. The molecule has 0 aliphatic heterocycles. The summed E-state index contributed by atoms with van der Waals surface area (Å²) in [5.41, 5.74) is 1.98. The Bertz CT molecular complexity index is 678. The second-order valence-electron chi connectivity index (χ2n) is 4.40. The smallest absolute Gasteiger partial charge is 0.164 e. The van der Waals surface area contributed by atoms with Crippen molar-refractivity contribution in [3.8, 4) is 6.07 Å². The SMILES string of the molecule is N#Cc1c(/N=C/c2ccc(I)o2)sc2c1CCCC2. The summed E-state index contributed by atoms with van der Waals surface area (Å²) in [6.45, 7) is 0. The van der Waals surface area contributed by atoms with E-state index in [9.17, 15) is 5.26 Å². The van der Waals surface area contributed by atoms with Crippen LogP contribution in [0.1, 0.15) is 34.6 Å². The van der Waals surface area contributed by atoms with Crippen molar-refractivity contribution >= 4 is 45.1 Å². The summed E-state index contributed by atoms with van der Waals surface area (Å²) in [4.78, 5) is 5.78. The maximum Gasteiger partial charge on any atom is 0.164 e. The third kappa shape index (κ3) is 2.60. The number of fused-ring (bicyclic) bond motifs is 1. The van der Waals surface area contributed by atoms with Crippen LogP contribution in [0.15, 0.2) is 21.5 Å². The van der Waals surface area contributed by atoms with Gasteiger partial charge in [-0.25, -0.2) is 4.99 Å². The molecule has 0 aromatic carbocycles. The van der Waals surface area contributed by atoms with Crippen LogP contribution in [-0.4, -0.2) is 6.21 Å². The van der Waals surface area contributed by atoms with Crippen molar-refractivity contribution in [1.82, 2.24) is 0 Å². The minimum atomic E-state index is 0.722. The molecule has 0 saturated carbocycles. The lowest BCUT2D eigenvalue weighted by Gasteiger charge is -2.09. The van der Waals surface area contributed by atoms with Gasteiger partial charge in [0, 0.05) is 4.88 Å². The zero-order valence-corrected chi connectivity index (χ0v) is 13.1. The molecule has 0 spiro atoms. The van der Waals surface area contributed by atoms with Gasteiger partial charge in [0.25, 0.3) is 0 Å². The van der Waals surface area contributed by atoms with Gasteiger partial charge in [-0.1, -0.05) is 0 Å². The minimum absolute atomic E-state index is 0.722. The van der Waals surface area contributed by atoms with E-state index in [0.717, 1.165) is 32.9 Å². The van der Waals surface area contributed by atoms with Crippen LogP contribution >= 0.6 is 33.9 Å². The van der Waals surface area contributed by atoms with E-state index in [1.165, 1.54) is 23.3 Å². The number of aryl methyl sites for hydroxylation is 1. The molecule has 19 heavy (non-hydrogen) atoms.